The lowest BCUT2D eigenvalue weighted by Gasteiger charge is -2.23. The molecular formula is C14H16N2O2. The highest BCUT2D eigenvalue weighted by Crippen LogP contribution is 2.33. The molecule has 0 spiro atoms. The summed E-state index contributed by atoms with van der Waals surface area (Å²) in [6, 6.07) is 9.67. The first-order chi connectivity index (χ1) is 8.68. The fraction of sp³-hybridized carbons (Fsp3) is 0.429. The smallest absolute Gasteiger partial charge is 0.312 e. The molecule has 1 aromatic rings. The summed E-state index contributed by atoms with van der Waals surface area (Å²) in [5.74, 6) is -0.0803. The Hall–Kier alpha value is -1.84. The number of imide groups is 1. The second kappa shape index (κ2) is 4.12. The number of benzene rings is 1. The summed E-state index contributed by atoms with van der Waals surface area (Å²) in [5.41, 5.74) is 0.997. The van der Waals surface area contributed by atoms with Crippen molar-refractivity contribution in [3.63, 3.8) is 0 Å². The van der Waals surface area contributed by atoms with Gasteiger partial charge in [-0.15, -0.1) is 0 Å². The molecule has 0 radical (unpaired) electrons. The van der Waals surface area contributed by atoms with Crippen LogP contribution in [-0.4, -0.2) is 34.3 Å². The molecule has 1 aliphatic carbocycles. The molecule has 1 unspecified atom stereocenters. The lowest BCUT2D eigenvalue weighted by Crippen LogP contribution is -2.35. The van der Waals surface area contributed by atoms with Crippen LogP contribution in [0.5, 0.6) is 0 Å². The molecule has 0 bridgehead atoms. The van der Waals surface area contributed by atoms with Gasteiger partial charge in [-0.25, -0.2) is 4.79 Å². The molecule has 18 heavy (non-hydrogen) atoms. The van der Waals surface area contributed by atoms with Crippen LogP contribution in [0, 0.1) is 0 Å². The minimum Gasteiger partial charge on any atom is -0.312 e. The van der Waals surface area contributed by atoms with Crippen LogP contribution in [0.15, 0.2) is 30.3 Å². The fourth-order valence-corrected chi connectivity index (χ4v) is 2.47. The molecule has 4 heteroatoms. The number of nitrogens with zero attached hydrogens (tertiary/aromatic N) is 2. The monoisotopic (exact) mass is 244 g/mol. The van der Waals surface area contributed by atoms with E-state index in [0.717, 1.165) is 18.4 Å². The molecule has 4 nitrogen and oxygen atoms in total. The van der Waals surface area contributed by atoms with Crippen molar-refractivity contribution in [3.05, 3.63) is 35.9 Å². The van der Waals surface area contributed by atoms with Crippen LogP contribution in [-0.2, 0) is 4.79 Å². The van der Waals surface area contributed by atoms with E-state index in [4.69, 9.17) is 0 Å². The van der Waals surface area contributed by atoms with E-state index < -0.39 is 0 Å². The number of carbonyl (C=O) groups excluding carboxylic acids is 2. The van der Waals surface area contributed by atoms with Crippen LogP contribution < -0.4 is 0 Å². The molecule has 1 aliphatic heterocycles. The number of carbonyl (C=O) groups is 2. The average molecular weight is 244 g/mol. The van der Waals surface area contributed by atoms with Gasteiger partial charge in [-0.3, -0.25) is 9.69 Å². The van der Waals surface area contributed by atoms with Crippen LogP contribution in [0.3, 0.4) is 0 Å². The van der Waals surface area contributed by atoms with Crippen molar-refractivity contribution in [1.82, 2.24) is 9.80 Å². The predicted octanol–water partition coefficient (Wildman–Crippen LogP) is 2.17. The number of rotatable bonds is 3. The van der Waals surface area contributed by atoms with Crippen LogP contribution >= 0.6 is 0 Å². The first kappa shape index (κ1) is 11.3. The zero-order valence-corrected chi connectivity index (χ0v) is 10.4. The number of urea groups is 1. The van der Waals surface area contributed by atoms with Crippen LogP contribution in [0.2, 0.25) is 0 Å². The molecule has 1 aromatic carbocycles. The van der Waals surface area contributed by atoms with E-state index in [9.17, 15) is 9.59 Å². The van der Waals surface area contributed by atoms with Crippen molar-refractivity contribution in [2.75, 3.05) is 6.54 Å². The normalized spacial score (nSPS) is 21.6. The zero-order valence-electron chi connectivity index (χ0n) is 10.4. The van der Waals surface area contributed by atoms with Crippen LogP contribution in [0.25, 0.3) is 0 Å². The molecule has 3 amide bonds. The summed E-state index contributed by atoms with van der Waals surface area (Å²) in [5, 5.41) is 0. The SMILES string of the molecule is CC(c1ccccc1)N1C(=O)CN(C2CC2)C1=O. The van der Waals surface area contributed by atoms with E-state index in [2.05, 4.69) is 0 Å². The van der Waals surface area contributed by atoms with Gasteiger partial charge >= 0.3 is 6.03 Å². The van der Waals surface area contributed by atoms with Gasteiger partial charge in [0.25, 0.3) is 5.91 Å². The molecule has 2 fully saturated rings. The van der Waals surface area contributed by atoms with Gasteiger partial charge < -0.3 is 4.90 Å². The molecule has 1 saturated carbocycles. The summed E-state index contributed by atoms with van der Waals surface area (Å²) >= 11 is 0. The van der Waals surface area contributed by atoms with Gasteiger partial charge in [0.05, 0.1) is 6.04 Å². The molecule has 1 saturated heterocycles. The summed E-state index contributed by atoms with van der Waals surface area (Å²) < 4.78 is 0. The van der Waals surface area contributed by atoms with Gasteiger partial charge in [0.15, 0.2) is 0 Å². The first-order valence-electron chi connectivity index (χ1n) is 6.36. The Balaban J connectivity index is 1.83. The molecule has 1 atom stereocenters. The van der Waals surface area contributed by atoms with E-state index in [1.54, 1.807) is 4.90 Å². The summed E-state index contributed by atoms with van der Waals surface area (Å²) in [4.78, 5) is 27.4. The van der Waals surface area contributed by atoms with Gasteiger partial charge in [-0.05, 0) is 25.3 Å². The Kier molecular flexibility index (Phi) is 2.58. The fourth-order valence-electron chi connectivity index (χ4n) is 2.47. The summed E-state index contributed by atoms with van der Waals surface area (Å²) in [7, 11) is 0. The van der Waals surface area contributed by atoms with E-state index in [-0.39, 0.29) is 24.5 Å². The Labute approximate surface area is 106 Å². The maximum absolute atomic E-state index is 12.2. The molecule has 1 heterocycles. The first-order valence-corrected chi connectivity index (χ1v) is 6.36. The lowest BCUT2D eigenvalue weighted by molar-refractivity contribution is -0.126. The van der Waals surface area contributed by atoms with Gasteiger partial charge in [0, 0.05) is 6.04 Å². The standard InChI is InChI=1S/C14H16N2O2/c1-10(11-5-3-2-4-6-11)16-13(17)9-15(14(16)18)12-7-8-12/h2-6,10,12H,7-9H2,1H3. The molecule has 3 rings (SSSR count). The Morgan fingerprint density at radius 1 is 1.17 bits per heavy atom. The molecule has 2 aliphatic rings. The molecular weight excluding hydrogens is 228 g/mol. The average Bonchev–Trinajstić information content (AvgIpc) is 3.17. The van der Waals surface area contributed by atoms with Crippen molar-refractivity contribution in [2.24, 2.45) is 0 Å². The van der Waals surface area contributed by atoms with Gasteiger partial charge in [-0.2, -0.15) is 0 Å². The number of amides is 3. The number of hydrogen-bond donors (Lipinski definition) is 0. The summed E-state index contributed by atoms with van der Waals surface area (Å²) in [6.45, 7) is 2.15. The quantitative estimate of drug-likeness (QED) is 0.765. The maximum atomic E-state index is 12.2. The summed E-state index contributed by atoms with van der Waals surface area (Å²) in [6.07, 6.45) is 2.07. The lowest BCUT2D eigenvalue weighted by atomic mass is 10.1. The highest BCUT2D eigenvalue weighted by molar-refractivity contribution is 6.02. The molecule has 0 aromatic heterocycles. The van der Waals surface area contributed by atoms with Crippen molar-refractivity contribution < 1.29 is 9.59 Å². The van der Waals surface area contributed by atoms with Crippen molar-refractivity contribution in [2.45, 2.75) is 31.8 Å². The van der Waals surface area contributed by atoms with Crippen molar-refractivity contribution in [3.8, 4) is 0 Å². The Morgan fingerprint density at radius 3 is 2.44 bits per heavy atom. The highest BCUT2D eigenvalue weighted by Gasteiger charge is 2.45. The highest BCUT2D eigenvalue weighted by atomic mass is 16.2. The third kappa shape index (κ3) is 1.78. The number of hydrogen-bond acceptors (Lipinski definition) is 2. The minimum atomic E-state index is -0.185. The van der Waals surface area contributed by atoms with E-state index in [1.807, 2.05) is 37.3 Å². The maximum Gasteiger partial charge on any atom is 0.328 e. The predicted molar refractivity (Wildman–Crippen MR) is 66.8 cm³/mol. The van der Waals surface area contributed by atoms with Gasteiger partial charge in [0.1, 0.15) is 6.54 Å². The zero-order chi connectivity index (χ0) is 12.7. The third-order valence-corrected chi connectivity index (χ3v) is 3.68. The van der Waals surface area contributed by atoms with Crippen molar-refractivity contribution in [1.29, 1.82) is 0 Å². The second-order valence-electron chi connectivity index (χ2n) is 4.99. The van der Waals surface area contributed by atoms with Gasteiger partial charge in [0.2, 0.25) is 0 Å². The van der Waals surface area contributed by atoms with Gasteiger partial charge in [-0.1, -0.05) is 30.3 Å². The third-order valence-electron chi connectivity index (χ3n) is 3.68. The van der Waals surface area contributed by atoms with Crippen LogP contribution in [0.4, 0.5) is 4.79 Å². The Morgan fingerprint density at radius 2 is 1.83 bits per heavy atom. The van der Waals surface area contributed by atoms with Crippen LogP contribution in [0.1, 0.15) is 31.4 Å². The molecule has 0 N–H and O–H groups in total. The van der Waals surface area contributed by atoms with E-state index in [1.165, 1.54) is 4.90 Å². The largest absolute Gasteiger partial charge is 0.328 e. The second-order valence-corrected chi connectivity index (χ2v) is 4.99. The van der Waals surface area contributed by atoms with E-state index >= 15 is 0 Å². The minimum absolute atomic E-state index is 0.0803. The van der Waals surface area contributed by atoms with E-state index in [0.29, 0.717) is 6.04 Å². The topological polar surface area (TPSA) is 40.6 Å². The van der Waals surface area contributed by atoms with Crippen molar-refractivity contribution >= 4 is 11.9 Å². The Bertz CT molecular complexity index is 482. The molecule has 94 valence electrons.